The molecule has 3 aromatic rings. The van der Waals surface area contributed by atoms with E-state index < -0.39 is 39.4 Å². The fourth-order valence-corrected chi connectivity index (χ4v) is 4.79. The van der Waals surface area contributed by atoms with Crippen LogP contribution in [0.15, 0.2) is 77.2 Å². The Morgan fingerprint density at radius 1 is 0.914 bits per heavy atom. The van der Waals surface area contributed by atoms with Crippen molar-refractivity contribution in [2.75, 3.05) is 4.90 Å². The monoisotopic (exact) mass is 534 g/mol. The highest BCUT2D eigenvalue weighted by Gasteiger charge is 2.37. The van der Waals surface area contributed by atoms with Crippen LogP contribution in [-0.2, 0) is 19.7 Å². The molecule has 4 amide bonds. The van der Waals surface area contributed by atoms with E-state index in [1.165, 1.54) is 48.5 Å². The Morgan fingerprint density at radius 2 is 1.51 bits per heavy atom. The number of carbonyl (C=O) groups excluding carboxylic acids is 3. The maximum absolute atomic E-state index is 13.2. The van der Waals surface area contributed by atoms with E-state index in [1.807, 2.05) is 5.32 Å². The number of imide groups is 2. The maximum Gasteiger partial charge on any atom is 0.339 e. The van der Waals surface area contributed by atoms with Crippen molar-refractivity contribution in [2.45, 2.75) is 4.90 Å². The lowest BCUT2D eigenvalue weighted by Gasteiger charge is -2.26. The first-order valence-corrected chi connectivity index (χ1v) is 11.9. The number of rotatable bonds is 5. The molecular formula is C23H13Cl2FN2O6S. The highest BCUT2D eigenvalue weighted by atomic mass is 35.5. The van der Waals surface area contributed by atoms with Gasteiger partial charge in [-0.05, 0) is 60.2 Å². The standard InChI is InChI=1S/C23H13Cl2FN2O6S/c24-18-11-13(12-19(25)20(18)34-35(32,33)16-4-2-1-3-5-16)10-17-21(29)27-23(31)28(22(17)30)15-8-6-14(26)7-9-15/h1-12H,(H,27,29,31)/b17-10+. The zero-order chi connectivity index (χ0) is 25.3. The number of halogens is 3. The molecule has 35 heavy (non-hydrogen) atoms. The van der Waals surface area contributed by atoms with Gasteiger partial charge in [-0.15, -0.1) is 0 Å². The summed E-state index contributed by atoms with van der Waals surface area (Å²) in [6, 6.07) is 13.3. The van der Waals surface area contributed by atoms with Crippen LogP contribution in [0, 0.1) is 5.82 Å². The minimum atomic E-state index is -4.24. The second-order valence-electron chi connectivity index (χ2n) is 7.10. The first-order chi connectivity index (χ1) is 16.6. The quantitative estimate of drug-likeness (QED) is 0.291. The zero-order valence-electron chi connectivity index (χ0n) is 17.4. The number of benzene rings is 3. The van der Waals surface area contributed by atoms with E-state index >= 15 is 0 Å². The minimum Gasteiger partial charge on any atom is -0.376 e. The van der Waals surface area contributed by atoms with Crippen LogP contribution < -0.4 is 14.4 Å². The van der Waals surface area contributed by atoms with Crippen LogP contribution in [0.1, 0.15) is 5.56 Å². The molecule has 1 N–H and O–H groups in total. The molecule has 1 saturated heterocycles. The van der Waals surface area contributed by atoms with Gasteiger partial charge >= 0.3 is 16.1 Å². The summed E-state index contributed by atoms with van der Waals surface area (Å²) in [7, 11) is -4.24. The van der Waals surface area contributed by atoms with Gasteiger partial charge in [0.1, 0.15) is 16.3 Å². The molecule has 0 aliphatic carbocycles. The first-order valence-electron chi connectivity index (χ1n) is 9.72. The van der Waals surface area contributed by atoms with Gasteiger partial charge < -0.3 is 4.18 Å². The summed E-state index contributed by atoms with van der Waals surface area (Å²) in [5, 5.41) is 1.61. The van der Waals surface area contributed by atoms with E-state index in [9.17, 15) is 27.2 Å². The molecule has 0 radical (unpaired) electrons. The smallest absolute Gasteiger partial charge is 0.339 e. The predicted molar refractivity (Wildman–Crippen MR) is 126 cm³/mol. The third-order valence-corrected chi connectivity index (χ3v) is 6.54. The number of carbonyl (C=O) groups is 3. The molecule has 0 aromatic heterocycles. The topological polar surface area (TPSA) is 110 Å². The lowest BCUT2D eigenvalue weighted by atomic mass is 10.1. The summed E-state index contributed by atoms with van der Waals surface area (Å²) in [4.78, 5) is 38.1. The summed E-state index contributed by atoms with van der Waals surface area (Å²) in [5.41, 5.74) is -0.249. The highest BCUT2D eigenvalue weighted by Crippen LogP contribution is 2.37. The van der Waals surface area contributed by atoms with E-state index in [0.717, 1.165) is 18.2 Å². The SMILES string of the molecule is O=C1NC(=O)N(c2ccc(F)cc2)C(=O)/C1=C/c1cc(Cl)c(OS(=O)(=O)c2ccccc2)c(Cl)c1. The molecule has 1 aliphatic rings. The van der Waals surface area contributed by atoms with Gasteiger partial charge in [0, 0.05) is 0 Å². The van der Waals surface area contributed by atoms with E-state index in [1.54, 1.807) is 6.07 Å². The van der Waals surface area contributed by atoms with Crippen LogP contribution in [0.3, 0.4) is 0 Å². The van der Waals surface area contributed by atoms with E-state index in [2.05, 4.69) is 0 Å². The summed E-state index contributed by atoms with van der Waals surface area (Å²) in [6.07, 6.45) is 1.12. The van der Waals surface area contributed by atoms with Crippen LogP contribution in [0.5, 0.6) is 5.75 Å². The number of nitrogens with zero attached hydrogens (tertiary/aromatic N) is 1. The molecule has 178 valence electrons. The van der Waals surface area contributed by atoms with E-state index in [4.69, 9.17) is 27.4 Å². The molecule has 3 aromatic carbocycles. The van der Waals surface area contributed by atoms with Gasteiger partial charge in [-0.25, -0.2) is 14.1 Å². The van der Waals surface area contributed by atoms with Crippen molar-refractivity contribution in [1.29, 1.82) is 0 Å². The van der Waals surface area contributed by atoms with Crippen molar-refractivity contribution in [3.63, 3.8) is 0 Å². The van der Waals surface area contributed by atoms with Crippen molar-refractivity contribution in [3.05, 3.63) is 93.7 Å². The number of hydrogen-bond acceptors (Lipinski definition) is 6. The van der Waals surface area contributed by atoms with Crippen molar-refractivity contribution in [1.82, 2.24) is 5.32 Å². The van der Waals surface area contributed by atoms with Gasteiger partial charge in [-0.1, -0.05) is 41.4 Å². The van der Waals surface area contributed by atoms with Crippen LogP contribution in [0.25, 0.3) is 6.08 Å². The lowest BCUT2D eigenvalue weighted by molar-refractivity contribution is -0.122. The van der Waals surface area contributed by atoms with Crippen LogP contribution in [-0.4, -0.2) is 26.3 Å². The number of anilines is 1. The molecule has 0 unspecified atom stereocenters. The second-order valence-corrected chi connectivity index (χ2v) is 9.46. The predicted octanol–water partition coefficient (Wildman–Crippen LogP) is 4.57. The fourth-order valence-electron chi connectivity index (χ4n) is 3.14. The van der Waals surface area contributed by atoms with Gasteiger partial charge in [-0.3, -0.25) is 14.9 Å². The normalized spacial score (nSPS) is 15.3. The number of barbiturate groups is 1. The summed E-state index contributed by atoms with van der Waals surface area (Å²) < 4.78 is 43.3. The molecule has 1 fully saturated rings. The fraction of sp³-hybridized carbons (Fsp3) is 0. The molecule has 4 rings (SSSR count). The third kappa shape index (κ3) is 5.04. The molecule has 0 atom stereocenters. The molecule has 0 bridgehead atoms. The Hall–Kier alpha value is -3.73. The average molecular weight is 535 g/mol. The van der Waals surface area contributed by atoms with Gasteiger partial charge in [0.25, 0.3) is 11.8 Å². The summed E-state index contributed by atoms with van der Waals surface area (Å²) in [6.45, 7) is 0. The van der Waals surface area contributed by atoms with Crippen molar-refractivity contribution < 1.29 is 31.4 Å². The third-order valence-electron chi connectivity index (χ3n) is 4.74. The van der Waals surface area contributed by atoms with Crippen LogP contribution in [0.4, 0.5) is 14.9 Å². The highest BCUT2D eigenvalue weighted by molar-refractivity contribution is 7.87. The molecule has 12 heteroatoms. The maximum atomic E-state index is 13.2. The number of hydrogen-bond donors (Lipinski definition) is 1. The van der Waals surface area contributed by atoms with Crippen molar-refractivity contribution in [2.24, 2.45) is 0 Å². The second kappa shape index (κ2) is 9.49. The number of nitrogens with one attached hydrogen (secondary N) is 1. The van der Waals surface area contributed by atoms with E-state index in [0.29, 0.717) is 4.90 Å². The lowest BCUT2D eigenvalue weighted by Crippen LogP contribution is -2.54. The molecular weight excluding hydrogens is 522 g/mol. The molecule has 1 heterocycles. The Kier molecular flexibility index (Phi) is 6.62. The Labute approximate surface area is 208 Å². The van der Waals surface area contributed by atoms with E-state index in [-0.39, 0.29) is 31.9 Å². The van der Waals surface area contributed by atoms with Crippen molar-refractivity contribution >= 4 is 62.9 Å². The first kappa shape index (κ1) is 24.4. The summed E-state index contributed by atoms with van der Waals surface area (Å²) in [5.74, 6) is -2.87. The van der Waals surface area contributed by atoms with Crippen LogP contribution in [0.2, 0.25) is 10.0 Å². The largest absolute Gasteiger partial charge is 0.376 e. The van der Waals surface area contributed by atoms with Crippen molar-refractivity contribution in [3.8, 4) is 5.75 Å². The van der Waals surface area contributed by atoms with Gasteiger partial charge in [0.15, 0.2) is 5.75 Å². The Balaban J connectivity index is 1.67. The average Bonchev–Trinajstić information content (AvgIpc) is 2.81. The number of urea groups is 1. The summed E-state index contributed by atoms with van der Waals surface area (Å²) >= 11 is 12.4. The molecule has 0 spiro atoms. The molecule has 1 aliphatic heterocycles. The minimum absolute atomic E-state index is 0.0400. The van der Waals surface area contributed by atoms with Gasteiger partial charge in [0.05, 0.1) is 15.7 Å². The Morgan fingerprint density at radius 3 is 2.11 bits per heavy atom. The number of amides is 4. The van der Waals surface area contributed by atoms with Gasteiger partial charge in [0.2, 0.25) is 0 Å². The molecule has 8 nitrogen and oxygen atoms in total. The zero-order valence-corrected chi connectivity index (χ0v) is 19.7. The molecule has 0 saturated carbocycles. The Bertz CT molecular complexity index is 1470. The van der Waals surface area contributed by atoms with Gasteiger partial charge in [-0.2, -0.15) is 8.42 Å². The van der Waals surface area contributed by atoms with Crippen LogP contribution >= 0.6 is 23.2 Å².